The van der Waals surface area contributed by atoms with Crippen LogP contribution in [0.4, 0.5) is 0 Å². The van der Waals surface area contributed by atoms with E-state index in [2.05, 4.69) is 59.7 Å². The third-order valence-electron chi connectivity index (χ3n) is 4.75. The number of nitrogens with zero attached hydrogens (tertiary/aromatic N) is 3. The van der Waals surface area contributed by atoms with Gasteiger partial charge >= 0.3 is 0 Å². The highest BCUT2D eigenvalue weighted by Crippen LogP contribution is 2.24. The summed E-state index contributed by atoms with van der Waals surface area (Å²) in [7, 11) is 0. The quantitative estimate of drug-likeness (QED) is 0.603. The van der Waals surface area contributed by atoms with Crippen molar-refractivity contribution in [2.24, 2.45) is 0 Å². The van der Waals surface area contributed by atoms with Gasteiger partial charge in [-0.3, -0.25) is 9.36 Å². The van der Waals surface area contributed by atoms with Gasteiger partial charge in [-0.1, -0.05) is 61.2 Å². The molecule has 1 atom stereocenters. The predicted octanol–water partition coefficient (Wildman–Crippen LogP) is 4.42. The molecular formula is C22H26N4OS. The van der Waals surface area contributed by atoms with Crippen molar-refractivity contribution in [1.29, 1.82) is 0 Å². The predicted molar refractivity (Wildman–Crippen MR) is 114 cm³/mol. The van der Waals surface area contributed by atoms with Crippen molar-refractivity contribution >= 4 is 17.7 Å². The largest absolute Gasteiger partial charge is 0.349 e. The molecule has 6 heteroatoms. The van der Waals surface area contributed by atoms with E-state index in [1.54, 1.807) is 0 Å². The molecule has 0 aliphatic rings. The van der Waals surface area contributed by atoms with Crippen molar-refractivity contribution in [1.82, 2.24) is 20.1 Å². The molecule has 1 amide bonds. The monoisotopic (exact) mass is 394 g/mol. The van der Waals surface area contributed by atoms with E-state index in [0.29, 0.717) is 5.75 Å². The van der Waals surface area contributed by atoms with Crippen LogP contribution >= 0.6 is 11.8 Å². The SMILES string of the molecule is CCc1ccc(C(C)NC(=O)CSc2nnc(C)n2-c2ccccc2C)cc1. The number of carbonyl (C=O) groups excluding carboxylic acids is 1. The molecule has 0 radical (unpaired) electrons. The molecule has 0 spiro atoms. The Morgan fingerprint density at radius 2 is 1.82 bits per heavy atom. The summed E-state index contributed by atoms with van der Waals surface area (Å²) < 4.78 is 2.00. The Bertz CT molecular complexity index is 949. The minimum absolute atomic E-state index is 0.0194. The smallest absolute Gasteiger partial charge is 0.230 e. The van der Waals surface area contributed by atoms with Crippen molar-refractivity contribution in [3.63, 3.8) is 0 Å². The van der Waals surface area contributed by atoms with Crippen LogP contribution in [0.15, 0.2) is 53.7 Å². The van der Waals surface area contributed by atoms with Crippen molar-refractivity contribution in [2.45, 2.75) is 45.3 Å². The van der Waals surface area contributed by atoms with E-state index in [1.165, 1.54) is 17.3 Å². The van der Waals surface area contributed by atoms with E-state index < -0.39 is 0 Å². The van der Waals surface area contributed by atoms with Gasteiger partial charge in [0.25, 0.3) is 0 Å². The van der Waals surface area contributed by atoms with Crippen molar-refractivity contribution < 1.29 is 4.79 Å². The Balaban J connectivity index is 1.64. The number of nitrogens with one attached hydrogen (secondary N) is 1. The van der Waals surface area contributed by atoms with Gasteiger partial charge < -0.3 is 5.32 Å². The van der Waals surface area contributed by atoms with Crippen molar-refractivity contribution in [3.05, 3.63) is 71.0 Å². The van der Waals surface area contributed by atoms with Gasteiger partial charge in [0, 0.05) is 0 Å². The minimum atomic E-state index is -0.0324. The van der Waals surface area contributed by atoms with Gasteiger partial charge in [-0.25, -0.2) is 0 Å². The number of para-hydroxylation sites is 1. The van der Waals surface area contributed by atoms with Crippen LogP contribution < -0.4 is 5.32 Å². The lowest BCUT2D eigenvalue weighted by Crippen LogP contribution is -2.28. The molecule has 1 aromatic heterocycles. The molecule has 1 N–H and O–H groups in total. The summed E-state index contributed by atoms with van der Waals surface area (Å²) in [5.74, 6) is 1.08. The van der Waals surface area contributed by atoms with Gasteiger partial charge in [0.05, 0.1) is 17.5 Å². The van der Waals surface area contributed by atoms with Gasteiger partial charge in [0.15, 0.2) is 5.16 Å². The highest BCUT2D eigenvalue weighted by atomic mass is 32.2. The molecule has 0 saturated heterocycles. The first kappa shape index (κ1) is 20.1. The van der Waals surface area contributed by atoms with Crippen molar-refractivity contribution in [2.75, 3.05) is 5.75 Å². The average molecular weight is 395 g/mol. The number of hydrogen-bond donors (Lipinski definition) is 1. The van der Waals surface area contributed by atoms with E-state index in [-0.39, 0.29) is 11.9 Å². The molecule has 3 aromatic rings. The van der Waals surface area contributed by atoms with Gasteiger partial charge in [0.1, 0.15) is 5.82 Å². The fourth-order valence-corrected chi connectivity index (χ4v) is 3.87. The average Bonchev–Trinajstić information content (AvgIpc) is 3.07. The summed E-state index contributed by atoms with van der Waals surface area (Å²) >= 11 is 1.40. The summed E-state index contributed by atoms with van der Waals surface area (Å²) in [5, 5.41) is 12.2. The molecule has 0 bridgehead atoms. The summed E-state index contributed by atoms with van der Waals surface area (Å²) in [6, 6.07) is 16.4. The number of benzene rings is 2. The Morgan fingerprint density at radius 3 is 2.50 bits per heavy atom. The third-order valence-corrected chi connectivity index (χ3v) is 5.68. The number of carbonyl (C=O) groups is 1. The van der Waals surface area contributed by atoms with Crippen LogP contribution in [0.5, 0.6) is 0 Å². The third kappa shape index (κ3) is 4.62. The lowest BCUT2D eigenvalue weighted by molar-refractivity contribution is -0.119. The Morgan fingerprint density at radius 1 is 1.11 bits per heavy atom. The van der Waals surface area contributed by atoms with E-state index >= 15 is 0 Å². The molecule has 0 aliphatic carbocycles. The molecule has 0 saturated carbocycles. The highest BCUT2D eigenvalue weighted by molar-refractivity contribution is 7.99. The van der Waals surface area contributed by atoms with Crippen molar-refractivity contribution in [3.8, 4) is 5.69 Å². The van der Waals surface area contributed by atoms with Gasteiger partial charge in [-0.15, -0.1) is 10.2 Å². The molecule has 28 heavy (non-hydrogen) atoms. The lowest BCUT2D eigenvalue weighted by atomic mass is 10.1. The zero-order chi connectivity index (χ0) is 20.1. The minimum Gasteiger partial charge on any atom is -0.349 e. The van der Waals surface area contributed by atoms with Crippen LogP contribution in [-0.4, -0.2) is 26.4 Å². The van der Waals surface area contributed by atoms with E-state index in [9.17, 15) is 4.79 Å². The number of hydrogen-bond acceptors (Lipinski definition) is 4. The van der Waals surface area contributed by atoms with Gasteiger partial charge in [0.2, 0.25) is 5.91 Å². The molecule has 3 rings (SSSR count). The summed E-state index contributed by atoms with van der Waals surface area (Å²) in [6.45, 7) is 8.12. The number of aromatic nitrogens is 3. The highest BCUT2D eigenvalue weighted by Gasteiger charge is 2.16. The molecule has 146 valence electrons. The normalized spacial score (nSPS) is 12.0. The zero-order valence-corrected chi connectivity index (χ0v) is 17.6. The summed E-state index contributed by atoms with van der Waals surface area (Å²) in [5.41, 5.74) is 4.58. The maximum Gasteiger partial charge on any atom is 0.230 e. The number of amides is 1. The maximum atomic E-state index is 12.5. The lowest BCUT2D eigenvalue weighted by Gasteiger charge is -2.15. The number of aryl methyl sites for hydroxylation is 3. The first-order chi connectivity index (χ1) is 13.5. The van der Waals surface area contributed by atoms with Crippen LogP contribution in [-0.2, 0) is 11.2 Å². The second kappa shape index (κ2) is 9.06. The van der Waals surface area contributed by atoms with Crippen LogP contribution in [0.25, 0.3) is 5.69 Å². The first-order valence-electron chi connectivity index (χ1n) is 9.48. The van der Waals surface area contributed by atoms with Crippen LogP contribution in [0.1, 0.15) is 42.4 Å². The van der Waals surface area contributed by atoms with E-state index in [4.69, 9.17) is 0 Å². The summed E-state index contributed by atoms with van der Waals surface area (Å²) in [6.07, 6.45) is 1.01. The summed E-state index contributed by atoms with van der Waals surface area (Å²) in [4.78, 5) is 12.5. The Labute approximate surface area is 170 Å². The standard InChI is InChI=1S/C22H26N4OS/c1-5-18-10-12-19(13-11-18)16(3)23-21(27)14-28-22-25-24-17(4)26(22)20-9-7-6-8-15(20)2/h6-13,16H,5,14H2,1-4H3,(H,23,27). The first-order valence-corrected chi connectivity index (χ1v) is 10.5. The topological polar surface area (TPSA) is 59.8 Å². The molecule has 1 heterocycles. The van der Waals surface area contributed by atoms with E-state index in [1.807, 2.05) is 36.6 Å². The molecule has 0 fully saturated rings. The Hall–Kier alpha value is -2.60. The van der Waals surface area contributed by atoms with Crippen LogP contribution in [0, 0.1) is 13.8 Å². The molecule has 5 nitrogen and oxygen atoms in total. The molecule has 0 aliphatic heterocycles. The number of thioether (sulfide) groups is 1. The number of rotatable bonds is 7. The Kier molecular flexibility index (Phi) is 6.52. The van der Waals surface area contributed by atoms with Crippen LogP contribution in [0.2, 0.25) is 0 Å². The van der Waals surface area contributed by atoms with Gasteiger partial charge in [-0.2, -0.15) is 0 Å². The molecular weight excluding hydrogens is 368 g/mol. The van der Waals surface area contributed by atoms with Crippen LogP contribution in [0.3, 0.4) is 0 Å². The fraction of sp³-hybridized carbons (Fsp3) is 0.318. The second-order valence-electron chi connectivity index (χ2n) is 6.82. The fourth-order valence-electron chi connectivity index (χ4n) is 3.07. The van der Waals surface area contributed by atoms with E-state index in [0.717, 1.165) is 34.2 Å². The maximum absolute atomic E-state index is 12.5. The second-order valence-corrected chi connectivity index (χ2v) is 7.77. The van der Waals surface area contributed by atoms with Gasteiger partial charge in [-0.05, 0) is 49.9 Å². The molecule has 1 unspecified atom stereocenters. The zero-order valence-electron chi connectivity index (χ0n) is 16.8. The molecule has 2 aromatic carbocycles.